The van der Waals surface area contributed by atoms with Gasteiger partial charge in [0, 0.05) is 12.1 Å². The van der Waals surface area contributed by atoms with E-state index >= 15 is 0 Å². The van der Waals surface area contributed by atoms with Crippen LogP contribution < -0.4 is 4.74 Å². The molecule has 0 fully saturated rings. The van der Waals surface area contributed by atoms with E-state index in [-0.39, 0.29) is 5.56 Å². The lowest BCUT2D eigenvalue weighted by Gasteiger charge is -2.40. The Morgan fingerprint density at radius 1 is 0.808 bits per heavy atom. The number of alkyl halides is 2. The van der Waals surface area contributed by atoms with E-state index in [4.69, 9.17) is 0 Å². The topological polar surface area (TPSA) is 9.23 Å². The summed E-state index contributed by atoms with van der Waals surface area (Å²) < 4.78 is 135. The van der Waals surface area contributed by atoms with Crippen LogP contribution in [0.5, 0.6) is 5.75 Å². The number of benzene rings is 2. The lowest BCUT2D eigenvalue weighted by atomic mass is 10.1. The Morgan fingerprint density at radius 3 is 1.73 bits per heavy atom. The summed E-state index contributed by atoms with van der Waals surface area (Å²) in [7, 11) is -10.8. The minimum absolute atomic E-state index is 0.249. The summed E-state index contributed by atoms with van der Waals surface area (Å²) in [6.07, 6.45) is -4.55. The van der Waals surface area contributed by atoms with E-state index in [1.807, 2.05) is 0 Å². The molecule has 0 aliphatic rings. The highest BCUT2D eigenvalue weighted by atomic mass is 32.5. The highest BCUT2D eigenvalue weighted by Crippen LogP contribution is 3.02. The summed E-state index contributed by atoms with van der Waals surface area (Å²) in [5.74, 6) is -8.70. The maximum Gasteiger partial charge on any atom is 0.429 e. The van der Waals surface area contributed by atoms with Gasteiger partial charge >= 0.3 is 16.3 Å². The number of halogens is 10. The van der Waals surface area contributed by atoms with Gasteiger partial charge in [-0.1, -0.05) is 25.5 Å². The van der Waals surface area contributed by atoms with Gasteiger partial charge in [-0.15, -0.1) is 0 Å². The molecule has 1 nitrogen and oxygen atoms in total. The lowest BCUT2D eigenvalue weighted by Crippen LogP contribution is -2.24. The van der Waals surface area contributed by atoms with Crippen molar-refractivity contribution in [3.05, 3.63) is 58.9 Å². The molecule has 146 valence electrons. The van der Waals surface area contributed by atoms with Gasteiger partial charge in [0.1, 0.15) is 11.6 Å². The minimum Gasteiger partial charge on any atom is -0.429 e. The maximum absolute atomic E-state index is 13.9. The molecule has 0 aromatic heterocycles. The predicted octanol–water partition coefficient (Wildman–Crippen LogP) is 7.20. The Labute approximate surface area is 139 Å². The molecular formula is C14H8F10OS. The molecule has 0 saturated heterocycles. The van der Waals surface area contributed by atoms with E-state index < -0.39 is 62.1 Å². The number of hydrogen-bond donors (Lipinski definition) is 0. The number of rotatable bonds is 4. The SMILES string of the molecule is Cc1ccc(C(F)(F)Oc2cc(F)c(S(F)(F)(F)(F)F)c(F)c2)c(F)c1. The van der Waals surface area contributed by atoms with Crippen LogP contribution in [0.3, 0.4) is 0 Å². The fourth-order valence-corrected chi connectivity index (χ4v) is 2.88. The predicted molar refractivity (Wildman–Crippen MR) is 73.4 cm³/mol. The zero-order valence-corrected chi connectivity index (χ0v) is 13.3. The molecule has 0 saturated carbocycles. The molecule has 2 aromatic rings. The standard InChI is InChI=1S/C14H8F10OS/c1-7-2-3-9(10(15)4-7)14(18,19)25-8-5-11(16)13(12(17)6-8)26(20,21,22,23)24/h2-6H,1H3. The van der Waals surface area contributed by atoms with Crippen molar-refractivity contribution in [3.8, 4) is 5.75 Å². The van der Waals surface area contributed by atoms with Gasteiger partial charge in [-0.3, -0.25) is 0 Å². The Morgan fingerprint density at radius 2 is 1.31 bits per heavy atom. The summed E-state index contributed by atoms with van der Waals surface area (Å²) in [4.78, 5) is -3.48. The average molecular weight is 414 g/mol. The maximum atomic E-state index is 13.9. The van der Waals surface area contributed by atoms with Crippen LogP contribution in [0, 0.1) is 24.4 Å². The van der Waals surface area contributed by atoms with E-state index in [1.165, 1.54) is 6.92 Å². The lowest BCUT2D eigenvalue weighted by molar-refractivity contribution is -0.187. The second-order valence-electron chi connectivity index (χ2n) is 5.29. The first kappa shape index (κ1) is 20.2. The van der Waals surface area contributed by atoms with Gasteiger partial charge in [0.15, 0.2) is 16.5 Å². The van der Waals surface area contributed by atoms with Crippen molar-refractivity contribution in [1.82, 2.24) is 0 Å². The first-order valence-corrected chi connectivity index (χ1v) is 8.42. The van der Waals surface area contributed by atoms with E-state index in [2.05, 4.69) is 4.74 Å². The second-order valence-corrected chi connectivity index (χ2v) is 7.63. The second kappa shape index (κ2) is 5.21. The van der Waals surface area contributed by atoms with Gasteiger partial charge in [-0.25, -0.2) is 13.2 Å². The molecule has 0 unspecified atom stereocenters. The fraction of sp³-hybridized carbons (Fsp3) is 0.143. The largest absolute Gasteiger partial charge is 0.429 e. The minimum atomic E-state index is -10.8. The number of hydrogen-bond acceptors (Lipinski definition) is 1. The molecule has 12 heteroatoms. The van der Waals surface area contributed by atoms with Gasteiger partial charge in [-0.05, 0) is 24.6 Å². The molecule has 0 N–H and O–H groups in total. The first-order valence-electron chi connectivity index (χ1n) is 6.47. The van der Waals surface area contributed by atoms with Crippen LogP contribution in [-0.2, 0) is 6.11 Å². The van der Waals surface area contributed by atoms with Crippen molar-refractivity contribution in [1.29, 1.82) is 0 Å². The van der Waals surface area contributed by atoms with Crippen molar-refractivity contribution < 1.29 is 46.1 Å². The smallest absolute Gasteiger partial charge is 0.429 e. The van der Waals surface area contributed by atoms with Gasteiger partial charge in [0.2, 0.25) is 0 Å². The van der Waals surface area contributed by atoms with Crippen molar-refractivity contribution in [2.24, 2.45) is 0 Å². The van der Waals surface area contributed by atoms with Gasteiger partial charge < -0.3 is 4.74 Å². The normalized spacial score (nSPS) is 15.3. The Kier molecular flexibility index (Phi) is 4.05. The summed E-state index contributed by atoms with van der Waals surface area (Å²) in [5, 5.41) is 0. The summed E-state index contributed by atoms with van der Waals surface area (Å²) in [6, 6.07) is 1.34. The molecule has 0 heterocycles. The van der Waals surface area contributed by atoms with Crippen LogP contribution in [0.1, 0.15) is 11.1 Å². The van der Waals surface area contributed by atoms with Crippen molar-refractivity contribution >= 4 is 10.2 Å². The molecule has 2 aromatic carbocycles. The van der Waals surface area contributed by atoms with Crippen molar-refractivity contribution in [2.75, 3.05) is 0 Å². The molecule has 0 radical (unpaired) electrons. The summed E-state index contributed by atoms with van der Waals surface area (Å²) in [5.41, 5.74) is -1.12. The quantitative estimate of drug-likeness (QED) is 0.481. The summed E-state index contributed by atoms with van der Waals surface area (Å²) in [6.45, 7) is 1.37. The van der Waals surface area contributed by atoms with Crippen molar-refractivity contribution in [3.63, 3.8) is 0 Å². The molecule has 0 aliphatic carbocycles. The Bertz CT molecular complexity index is 853. The van der Waals surface area contributed by atoms with Gasteiger partial charge in [0.25, 0.3) is 0 Å². The first-order chi connectivity index (χ1) is 11.4. The van der Waals surface area contributed by atoms with E-state index in [9.17, 15) is 41.4 Å². The van der Waals surface area contributed by atoms with Gasteiger partial charge in [0.05, 0.1) is 5.56 Å². The fourth-order valence-electron chi connectivity index (χ4n) is 2.02. The molecule has 0 amide bonds. The molecule has 0 spiro atoms. The number of aryl methyl sites for hydroxylation is 1. The molecule has 26 heavy (non-hydrogen) atoms. The zero-order valence-electron chi connectivity index (χ0n) is 12.5. The Balaban J connectivity index is 2.49. The van der Waals surface area contributed by atoms with Gasteiger partial charge in [-0.2, -0.15) is 8.78 Å². The van der Waals surface area contributed by atoms with E-state index in [0.717, 1.165) is 6.07 Å². The third-order valence-corrected chi connectivity index (χ3v) is 4.20. The van der Waals surface area contributed by atoms with Crippen LogP contribution in [-0.4, -0.2) is 0 Å². The van der Waals surface area contributed by atoms with Crippen LogP contribution in [0.2, 0.25) is 0 Å². The van der Waals surface area contributed by atoms with Crippen LogP contribution >= 0.6 is 10.2 Å². The third kappa shape index (κ3) is 4.17. The monoisotopic (exact) mass is 414 g/mol. The molecule has 0 bridgehead atoms. The highest BCUT2D eigenvalue weighted by molar-refractivity contribution is 8.45. The molecule has 0 aliphatic heterocycles. The van der Waals surface area contributed by atoms with Crippen LogP contribution in [0.4, 0.5) is 41.4 Å². The van der Waals surface area contributed by atoms with E-state index in [0.29, 0.717) is 12.1 Å². The molecular weight excluding hydrogens is 406 g/mol. The van der Waals surface area contributed by atoms with E-state index in [1.54, 1.807) is 0 Å². The van der Waals surface area contributed by atoms with Crippen molar-refractivity contribution in [2.45, 2.75) is 17.9 Å². The Hall–Kier alpha value is -2.11. The number of ether oxygens (including phenoxy) is 1. The average Bonchev–Trinajstić information content (AvgIpc) is 2.32. The summed E-state index contributed by atoms with van der Waals surface area (Å²) >= 11 is 0. The van der Waals surface area contributed by atoms with Crippen LogP contribution in [0.15, 0.2) is 35.2 Å². The molecule has 0 atom stereocenters. The zero-order chi connectivity index (χ0) is 20.2. The van der Waals surface area contributed by atoms with Crippen LogP contribution in [0.25, 0.3) is 0 Å². The third-order valence-electron chi connectivity index (χ3n) is 3.04. The molecule has 2 rings (SSSR count). The highest BCUT2D eigenvalue weighted by Gasteiger charge is 2.69.